The van der Waals surface area contributed by atoms with Crippen LogP contribution < -0.4 is 14.8 Å². The number of benzene rings is 1. The summed E-state index contributed by atoms with van der Waals surface area (Å²) < 4.78 is 13.2. The summed E-state index contributed by atoms with van der Waals surface area (Å²) in [6.07, 6.45) is 3.94. The number of carbonyl (C=O) groups is 2. The van der Waals surface area contributed by atoms with Crippen LogP contribution in [-0.2, 0) is 11.3 Å². The summed E-state index contributed by atoms with van der Waals surface area (Å²) in [6.45, 7) is 2.51. The Hall–Kier alpha value is -3.10. The van der Waals surface area contributed by atoms with Gasteiger partial charge in [0.05, 0.1) is 12.7 Å². The second-order valence-corrected chi connectivity index (χ2v) is 6.92. The molecule has 1 aromatic heterocycles. The lowest BCUT2D eigenvalue weighted by Crippen LogP contribution is -2.41. The van der Waals surface area contributed by atoms with Crippen molar-refractivity contribution in [3.63, 3.8) is 0 Å². The number of hydrogen-bond acceptors (Lipinski definition) is 6. The van der Waals surface area contributed by atoms with Gasteiger partial charge in [-0.25, -0.2) is 4.68 Å². The van der Waals surface area contributed by atoms with E-state index in [4.69, 9.17) is 9.47 Å². The molecule has 3 heterocycles. The van der Waals surface area contributed by atoms with Crippen molar-refractivity contribution < 1.29 is 19.1 Å². The number of carbonyl (C=O) groups excluding carboxylic acids is 2. The van der Waals surface area contributed by atoms with Crippen molar-refractivity contribution in [2.24, 2.45) is 0 Å². The number of ether oxygens (including phenoxy) is 2. The highest BCUT2D eigenvalue weighted by atomic mass is 16.6. The van der Waals surface area contributed by atoms with Gasteiger partial charge in [-0.05, 0) is 25.0 Å². The Morgan fingerprint density at radius 2 is 2.11 bits per heavy atom. The predicted molar refractivity (Wildman–Crippen MR) is 99.1 cm³/mol. The summed E-state index contributed by atoms with van der Waals surface area (Å²) in [5, 5.41) is 10.7. The molecule has 1 unspecified atom stereocenters. The second-order valence-electron chi connectivity index (χ2n) is 6.92. The van der Waals surface area contributed by atoms with Gasteiger partial charge in [0.2, 0.25) is 5.91 Å². The fourth-order valence-electron chi connectivity index (χ4n) is 3.35. The Morgan fingerprint density at radius 3 is 2.96 bits per heavy atom. The van der Waals surface area contributed by atoms with Gasteiger partial charge in [0, 0.05) is 26.1 Å². The summed E-state index contributed by atoms with van der Waals surface area (Å²) in [6, 6.07) is 7.50. The molecule has 1 N–H and O–H groups in total. The zero-order valence-corrected chi connectivity index (χ0v) is 15.5. The number of nitrogens with one attached hydrogen (secondary N) is 1. The van der Waals surface area contributed by atoms with Gasteiger partial charge >= 0.3 is 0 Å². The lowest BCUT2D eigenvalue weighted by Gasteiger charge is -2.26. The van der Waals surface area contributed by atoms with Gasteiger partial charge in [0.1, 0.15) is 6.61 Å². The van der Waals surface area contributed by atoms with Crippen LogP contribution in [0, 0.1) is 0 Å². The van der Waals surface area contributed by atoms with Gasteiger partial charge < -0.3 is 19.7 Å². The summed E-state index contributed by atoms with van der Waals surface area (Å²) in [4.78, 5) is 25.8. The van der Waals surface area contributed by atoms with Gasteiger partial charge in [-0.15, -0.1) is 5.10 Å². The highest BCUT2D eigenvalue weighted by molar-refractivity contribution is 5.91. The van der Waals surface area contributed by atoms with Crippen LogP contribution in [0.1, 0.15) is 29.8 Å². The molecule has 1 saturated heterocycles. The van der Waals surface area contributed by atoms with Crippen LogP contribution in [0.15, 0.2) is 30.5 Å². The topological polar surface area (TPSA) is 98.6 Å². The molecule has 9 heteroatoms. The first-order chi connectivity index (χ1) is 13.7. The molecular formula is C19H23N5O4. The average Bonchev–Trinajstić information content (AvgIpc) is 3.18. The van der Waals surface area contributed by atoms with E-state index in [2.05, 4.69) is 15.6 Å². The summed E-state index contributed by atoms with van der Waals surface area (Å²) >= 11 is 0. The van der Waals surface area contributed by atoms with E-state index >= 15 is 0 Å². The van der Waals surface area contributed by atoms with Crippen LogP contribution in [0.3, 0.4) is 0 Å². The van der Waals surface area contributed by atoms with Gasteiger partial charge in [-0.2, -0.15) is 0 Å². The summed E-state index contributed by atoms with van der Waals surface area (Å²) in [5.74, 6) is 1.28. The van der Waals surface area contributed by atoms with Gasteiger partial charge in [-0.1, -0.05) is 17.3 Å². The number of amides is 2. The number of fused-ring (bicyclic) bond motifs is 1. The van der Waals surface area contributed by atoms with E-state index in [-0.39, 0.29) is 23.6 Å². The van der Waals surface area contributed by atoms with Gasteiger partial charge in [0.25, 0.3) is 5.91 Å². The normalized spacial score (nSPS) is 18.8. The number of para-hydroxylation sites is 2. The molecule has 0 saturated carbocycles. The molecule has 0 spiro atoms. The van der Waals surface area contributed by atoms with E-state index in [1.165, 1.54) is 0 Å². The van der Waals surface area contributed by atoms with Crippen molar-refractivity contribution in [1.29, 1.82) is 0 Å². The minimum atomic E-state index is -0.304. The maximum atomic E-state index is 12.3. The Morgan fingerprint density at radius 1 is 1.25 bits per heavy atom. The highest BCUT2D eigenvalue weighted by Gasteiger charge is 2.22. The molecule has 0 radical (unpaired) electrons. The van der Waals surface area contributed by atoms with Gasteiger partial charge in [0.15, 0.2) is 23.3 Å². The van der Waals surface area contributed by atoms with Crippen LogP contribution in [0.4, 0.5) is 0 Å². The molecule has 0 aliphatic carbocycles. The molecule has 148 valence electrons. The van der Waals surface area contributed by atoms with Crippen molar-refractivity contribution >= 4 is 11.8 Å². The van der Waals surface area contributed by atoms with Gasteiger partial charge in [-0.3, -0.25) is 9.59 Å². The van der Waals surface area contributed by atoms with E-state index < -0.39 is 0 Å². The van der Waals surface area contributed by atoms with Crippen molar-refractivity contribution in [1.82, 2.24) is 25.2 Å². The molecular weight excluding hydrogens is 362 g/mol. The molecule has 4 rings (SSSR count). The molecule has 1 aromatic carbocycles. The van der Waals surface area contributed by atoms with E-state index in [1.807, 2.05) is 24.3 Å². The first kappa shape index (κ1) is 18.3. The number of nitrogens with zero attached hydrogens (tertiary/aromatic N) is 4. The minimum Gasteiger partial charge on any atom is -0.486 e. The number of piperidine rings is 1. The molecule has 2 amide bonds. The maximum absolute atomic E-state index is 12.3. The molecule has 0 bridgehead atoms. The summed E-state index contributed by atoms with van der Waals surface area (Å²) in [7, 11) is 0. The lowest BCUT2D eigenvalue weighted by molar-refractivity contribution is -0.133. The summed E-state index contributed by atoms with van der Waals surface area (Å²) in [5.41, 5.74) is 0.238. The number of hydrogen-bond donors (Lipinski definition) is 1. The fraction of sp³-hybridized carbons (Fsp3) is 0.474. The average molecular weight is 385 g/mol. The SMILES string of the molecule is O=C(NCCN1CCCCC1=O)c1cn(CC2COc3ccccc3O2)nn1. The predicted octanol–water partition coefficient (Wildman–Crippen LogP) is 0.860. The zero-order valence-electron chi connectivity index (χ0n) is 15.5. The molecule has 2 aromatic rings. The zero-order chi connectivity index (χ0) is 19.3. The largest absolute Gasteiger partial charge is 0.486 e. The first-order valence-corrected chi connectivity index (χ1v) is 9.53. The monoisotopic (exact) mass is 385 g/mol. The molecule has 1 fully saturated rings. The fourth-order valence-corrected chi connectivity index (χ4v) is 3.35. The third kappa shape index (κ3) is 4.24. The molecule has 9 nitrogen and oxygen atoms in total. The quantitative estimate of drug-likeness (QED) is 0.792. The number of rotatable bonds is 6. The van der Waals surface area contributed by atoms with E-state index in [9.17, 15) is 9.59 Å². The van der Waals surface area contributed by atoms with Crippen molar-refractivity contribution in [3.05, 3.63) is 36.2 Å². The molecule has 2 aliphatic heterocycles. The number of likely N-dealkylation sites (tertiary alicyclic amines) is 1. The molecule has 2 aliphatic rings. The van der Waals surface area contributed by atoms with Crippen LogP contribution >= 0.6 is 0 Å². The number of aromatic nitrogens is 3. The highest BCUT2D eigenvalue weighted by Crippen LogP contribution is 2.31. The van der Waals surface area contributed by atoms with Crippen molar-refractivity contribution in [2.45, 2.75) is 31.9 Å². The van der Waals surface area contributed by atoms with E-state index in [0.29, 0.717) is 38.4 Å². The minimum absolute atomic E-state index is 0.155. The van der Waals surface area contributed by atoms with E-state index in [0.717, 1.165) is 25.1 Å². The Bertz CT molecular complexity index is 852. The third-order valence-electron chi connectivity index (χ3n) is 4.82. The van der Waals surface area contributed by atoms with Crippen molar-refractivity contribution in [3.8, 4) is 11.5 Å². The van der Waals surface area contributed by atoms with Crippen molar-refractivity contribution in [2.75, 3.05) is 26.2 Å². The van der Waals surface area contributed by atoms with E-state index in [1.54, 1.807) is 15.8 Å². The lowest BCUT2D eigenvalue weighted by atomic mass is 10.1. The second kappa shape index (κ2) is 8.28. The Balaban J connectivity index is 1.26. The Labute approximate surface area is 162 Å². The maximum Gasteiger partial charge on any atom is 0.273 e. The van der Waals surface area contributed by atoms with Crippen LogP contribution in [-0.4, -0.2) is 64.1 Å². The van der Waals surface area contributed by atoms with Crippen LogP contribution in [0.2, 0.25) is 0 Å². The smallest absolute Gasteiger partial charge is 0.273 e. The van der Waals surface area contributed by atoms with Crippen LogP contribution in [0.5, 0.6) is 11.5 Å². The third-order valence-corrected chi connectivity index (χ3v) is 4.82. The van der Waals surface area contributed by atoms with Crippen LogP contribution in [0.25, 0.3) is 0 Å². The molecule has 28 heavy (non-hydrogen) atoms. The first-order valence-electron chi connectivity index (χ1n) is 9.53. The standard InChI is InChI=1S/C19H23N5O4/c25-18-7-3-4-9-23(18)10-8-20-19(26)15-12-24(22-21-15)11-14-13-27-16-5-1-2-6-17(16)28-14/h1-2,5-6,12,14H,3-4,7-11,13H2,(H,20,26). The Kier molecular flexibility index (Phi) is 5.41. The molecule has 1 atom stereocenters.